The van der Waals surface area contributed by atoms with Crippen molar-refractivity contribution >= 4 is 34.0 Å². The van der Waals surface area contributed by atoms with E-state index in [1.54, 1.807) is 18.2 Å². The number of aryl methyl sites for hydroxylation is 1. The number of anilines is 2. The summed E-state index contributed by atoms with van der Waals surface area (Å²) in [7, 11) is 0. The first-order valence-corrected chi connectivity index (χ1v) is 11.5. The molecule has 0 saturated heterocycles. The molecule has 7 nitrogen and oxygen atoms in total. The Balaban J connectivity index is 1.22. The number of ether oxygens (including phenoxy) is 2. The Morgan fingerprint density at radius 1 is 1.16 bits per heavy atom. The summed E-state index contributed by atoms with van der Waals surface area (Å²) >= 11 is 1.45. The van der Waals surface area contributed by atoms with Crippen molar-refractivity contribution < 1.29 is 19.1 Å². The van der Waals surface area contributed by atoms with Gasteiger partial charge < -0.3 is 14.4 Å². The molecule has 162 valence electrons. The largest absolute Gasteiger partial charge is 0.454 e. The molecule has 2 atom stereocenters. The molecular formula is C24H21N3O4S. The fraction of sp³-hybridized carbons (Fsp3) is 0.292. The van der Waals surface area contributed by atoms with Gasteiger partial charge in [0.15, 0.2) is 16.6 Å². The third kappa shape index (κ3) is 3.05. The Morgan fingerprint density at radius 2 is 2.00 bits per heavy atom. The molecule has 0 fully saturated rings. The first-order valence-electron chi connectivity index (χ1n) is 10.7. The van der Waals surface area contributed by atoms with Crippen LogP contribution in [0.2, 0.25) is 0 Å². The highest BCUT2D eigenvalue weighted by Crippen LogP contribution is 2.42. The number of nitrogens with zero attached hydrogens (tertiary/aromatic N) is 2. The maximum absolute atomic E-state index is 13.5. The van der Waals surface area contributed by atoms with Crippen LogP contribution < -0.4 is 19.7 Å². The number of amides is 2. The van der Waals surface area contributed by atoms with Gasteiger partial charge in [0.1, 0.15) is 0 Å². The van der Waals surface area contributed by atoms with Crippen LogP contribution in [0.5, 0.6) is 11.5 Å². The second kappa shape index (κ2) is 7.34. The Labute approximate surface area is 189 Å². The van der Waals surface area contributed by atoms with E-state index in [0.29, 0.717) is 22.2 Å². The first-order chi connectivity index (χ1) is 15.6. The van der Waals surface area contributed by atoms with E-state index in [-0.39, 0.29) is 30.6 Å². The van der Waals surface area contributed by atoms with Crippen molar-refractivity contribution in [3.63, 3.8) is 0 Å². The standard InChI is InChI=1S/C24H21N3O4S/c1-13-10-14-4-2-3-5-17(14)27(13)23(29)16-7-9-20-21(16)25-24(32-20)26-22(28)15-6-8-18-19(11-15)31-12-30-18/h2-6,8,11,13,16H,7,9-10,12H2,1H3,(H,25,26,28). The number of rotatable bonds is 3. The molecule has 2 amide bonds. The molecule has 0 saturated carbocycles. The van der Waals surface area contributed by atoms with Crippen LogP contribution in [-0.2, 0) is 17.6 Å². The molecule has 3 aliphatic rings. The minimum Gasteiger partial charge on any atom is -0.454 e. The summed E-state index contributed by atoms with van der Waals surface area (Å²) in [6.07, 6.45) is 2.43. The predicted octanol–water partition coefficient (Wildman–Crippen LogP) is 4.13. The summed E-state index contributed by atoms with van der Waals surface area (Å²) < 4.78 is 10.7. The van der Waals surface area contributed by atoms with Crippen LogP contribution >= 0.6 is 11.3 Å². The molecule has 0 spiro atoms. The molecule has 1 N–H and O–H groups in total. The number of benzene rings is 2. The van der Waals surface area contributed by atoms with E-state index < -0.39 is 0 Å². The van der Waals surface area contributed by atoms with Gasteiger partial charge in [-0.05, 0) is 56.0 Å². The van der Waals surface area contributed by atoms with Crippen LogP contribution in [0, 0.1) is 0 Å². The summed E-state index contributed by atoms with van der Waals surface area (Å²) in [6, 6.07) is 13.3. The second-order valence-electron chi connectivity index (χ2n) is 8.33. The van der Waals surface area contributed by atoms with E-state index in [0.717, 1.165) is 35.5 Å². The smallest absolute Gasteiger partial charge is 0.257 e. The SMILES string of the molecule is CC1Cc2ccccc2N1C(=O)C1CCc2sc(NC(=O)c3ccc4c(c3)OCO4)nc21. The number of hydrogen-bond acceptors (Lipinski definition) is 6. The number of carbonyl (C=O) groups is 2. The molecule has 2 aromatic carbocycles. The minimum absolute atomic E-state index is 0.0974. The molecule has 1 aliphatic carbocycles. The highest BCUT2D eigenvalue weighted by Gasteiger charge is 2.40. The van der Waals surface area contributed by atoms with E-state index in [4.69, 9.17) is 9.47 Å². The summed E-state index contributed by atoms with van der Waals surface area (Å²) in [5, 5.41) is 3.40. The van der Waals surface area contributed by atoms with E-state index in [2.05, 4.69) is 23.3 Å². The zero-order valence-electron chi connectivity index (χ0n) is 17.5. The number of para-hydroxylation sites is 1. The topological polar surface area (TPSA) is 80.8 Å². The maximum Gasteiger partial charge on any atom is 0.257 e. The van der Waals surface area contributed by atoms with Crippen molar-refractivity contribution in [1.82, 2.24) is 4.98 Å². The lowest BCUT2D eigenvalue weighted by atomic mass is 10.0. The molecular weight excluding hydrogens is 426 g/mol. The van der Waals surface area contributed by atoms with E-state index >= 15 is 0 Å². The molecule has 6 rings (SSSR count). The third-order valence-electron chi connectivity index (χ3n) is 6.32. The van der Waals surface area contributed by atoms with Crippen molar-refractivity contribution in [3.05, 3.63) is 64.2 Å². The van der Waals surface area contributed by atoms with Crippen LogP contribution in [0.25, 0.3) is 0 Å². The van der Waals surface area contributed by atoms with Gasteiger partial charge in [-0.3, -0.25) is 14.9 Å². The number of thiazole rings is 1. The number of fused-ring (bicyclic) bond motifs is 3. The Kier molecular flexibility index (Phi) is 4.43. The molecule has 8 heteroatoms. The van der Waals surface area contributed by atoms with Gasteiger partial charge in [0, 0.05) is 22.2 Å². The molecule has 0 radical (unpaired) electrons. The van der Waals surface area contributed by atoms with E-state index in [1.165, 1.54) is 16.9 Å². The molecule has 1 aromatic heterocycles. The lowest BCUT2D eigenvalue weighted by molar-refractivity contribution is -0.120. The van der Waals surface area contributed by atoms with Crippen molar-refractivity contribution in [2.75, 3.05) is 17.0 Å². The van der Waals surface area contributed by atoms with Gasteiger partial charge in [0.2, 0.25) is 12.7 Å². The van der Waals surface area contributed by atoms with Gasteiger partial charge >= 0.3 is 0 Å². The van der Waals surface area contributed by atoms with Gasteiger partial charge in [-0.2, -0.15) is 0 Å². The summed E-state index contributed by atoms with van der Waals surface area (Å²) in [5.74, 6) is 0.755. The fourth-order valence-electron chi connectivity index (χ4n) is 4.80. The van der Waals surface area contributed by atoms with Gasteiger partial charge in [-0.1, -0.05) is 18.2 Å². The maximum atomic E-state index is 13.5. The van der Waals surface area contributed by atoms with Gasteiger partial charge in [-0.25, -0.2) is 4.98 Å². The lowest BCUT2D eigenvalue weighted by Gasteiger charge is -2.25. The van der Waals surface area contributed by atoms with Gasteiger partial charge in [-0.15, -0.1) is 11.3 Å². The Morgan fingerprint density at radius 3 is 2.91 bits per heavy atom. The second-order valence-corrected chi connectivity index (χ2v) is 9.41. The Hall–Kier alpha value is -3.39. The van der Waals surface area contributed by atoms with Gasteiger partial charge in [0.25, 0.3) is 5.91 Å². The number of nitrogens with one attached hydrogen (secondary N) is 1. The van der Waals surface area contributed by atoms with E-state index in [9.17, 15) is 9.59 Å². The number of aromatic nitrogens is 1. The van der Waals surface area contributed by atoms with Crippen molar-refractivity contribution in [1.29, 1.82) is 0 Å². The minimum atomic E-state index is -0.272. The quantitative estimate of drug-likeness (QED) is 0.653. The number of hydrogen-bond donors (Lipinski definition) is 1. The Bertz CT molecular complexity index is 1250. The molecule has 3 aromatic rings. The van der Waals surface area contributed by atoms with Crippen LogP contribution in [0.4, 0.5) is 10.8 Å². The molecule has 0 bridgehead atoms. The van der Waals surface area contributed by atoms with Crippen molar-refractivity contribution in [2.45, 2.75) is 38.1 Å². The van der Waals surface area contributed by atoms with Crippen molar-refractivity contribution in [2.24, 2.45) is 0 Å². The van der Waals surface area contributed by atoms with Crippen molar-refractivity contribution in [3.8, 4) is 11.5 Å². The van der Waals surface area contributed by atoms with Crippen LogP contribution in [0.3, 0.4) is 0 Å². The third-order valence-corrected chi connectivity index (χ3v) is 7.36. The monoisotopic (exact) mass is 447 g/mol. The summed E-state index contributed by atoms with van der Waals surface area (Å²) in [5.41, 5.74) is 3.49. The van der Waals surface area contributed by atoms with Gasteiger partial charge in [0.05, 0.1) is 11.6 Å². The predicted molar refractivity (Wildman–Crippen MR) is 121 cm³/mol. The average molecular weight is 448 g/mol. The highest BCUT2D eigenvalue weighted by atomic mass is 32.1. The first kappa shape index (κ1) is 19.3. The fourth-order valence-corrected chi connectivity index (χ4v) is 5.83. The molecule has 2 aliphatic heterocycles. The molecule has 32 heavy (non-hydrogen) atoms. The molecule has 3 heterocycles. The van der Waals surface area contributed by atoms with Crippen LogP contribution in [0.15, 0.2) is 42.5 Å². The zero-order chi connectivity index (χ0) is 21.8. The normalized spacial score (nSPS) is 20.2. The lowest BCUT2D eigenvalue weighted by Crippen LogP contribution is -2.38. The zero-order valence-corrected chi connectivity index (χ0v) is 18.3. The van der Waals surface area contributed by atoms with Crippen LogP contribution in [-0.4, -0.2) is 29.6 Å². The number of carbonyl (C=O) groups excluding carboxylic acids is 2. The summed E-state index contributed by atoms with van der Waals surface area (Å²) in [6.45, 7) is 2.25. The van der Waals surface area contributed by atoms with E-state index in [1.807, 2.05) is 23.1 Å². The highest BCUT2D eigenvalue weighted by molar-refractivity contribution is 7.16. The molecule has 2 unspecified atom stereocenters. The summed E-state index contributed by atoms with van der Waals surface area (Å²) in [4.78, 5) is 33.9. The average Bonchev–Trinajstić information content (AvgIpc) is 3.54. The van der Waals surface area contributed by atoms with Crippen LogP contribution in [0.1, 0.15) is 45.8 Å².